The summed E-state index contributed by atoms with van der Waals surface area (Å²) in [6.07, 6.45) is 0. The molecule has 3 rings (SSSR count). The number of benzene rings is 2. The summed E-state index contributed by atoms with van der Waals surface area (Å²) in [6.45, 7) is 1.19. The Bertz CT molecular complexity index is 819. The fourth-order valence-corrected chi connectivity index (χ4v) is 3.28. The molecule has 6 heteroatoms. The number of ether oxygens (including phenoxy) is 1. The van der Waals surface area contributed by atoms with Gasteiger partial charge < -0.3 is 4.74 Å². The van der Waals surface area contributed by atoms with Crippen LogP contribution in [0.25, 0.3) is 11.4 Å². The van der Waals surface area contributed by atoms with Crippen molar-refractivity contribution in [1.29, 1.82) is 0 Å². The summed E-state index contributed by atoms with van der Waals surface area (Å²) >= 11 is 1.40. The normalized spacial score (nSPS) is 10.8. The van der Waals surface area contributed by atoms with Crippen molar-refractivity contribution < 1.29 is 9.53 Å². The lowest BCUT2D eigenvalue weighted by Gasteiger charge is -2.09. The van der Waals surface area contributed by atoms with Gasteiger partial charge in [0, 0.05) is 18.2 Å². The van der Waals surface area contributed by atoms with E-state index in [2.05, 4.69) is 10.2 Å². The van der Waals surface area contributed by atoms with Crippen LogP contribution >= 0.6 is 11.8 Å². The summed E-state index contributed by atoms with van der Waals surface area (Å²) < 4.78 is 7.21. The molecule has 5 nitrogen and oxygen atoms in total. The molecule has 0 fully saturated rings. The summed E-state index contributed by atoms with van der Waals surface area (Å²) in [5.74, 6) is 1.18. The van der Waals surface area contributed by atoms with Gasteiger partial charge in [-0.1, -0.05) is 72.4 Å². The number of methoxy groups -OCH3 is 1. The number of Topliss-reactive ketones (excluding diaryl/α,β-unsaturated/α-hetero) is 1. The van der Waals surface area contributed by atoms with Crippen LogP contribution in [0.15, 0.2) is 65.8 Å². The summed E-state index contributed by atoms with van der Waals surface area (Å²) in [6, 6.07) is 19.2. The number of hydrogen-bond acceptors (Lipinski definition) is 5. The second kappa shape index (κ2) is 8.60. The van der Waals surface area contributed by atoms with Gasteiger partial charge >= 0.3 is 0 Å². The Hall–Kier alpha value is -2.44. The van der Waals surface area contributed by atoms with Crippen molar-refractivity contribution in [2.75, 3.05) is 19.5 Å². The lowest BCUT2D eigenvalue weighted by Crippen LogP contribution is -2.09. The van der Waals surface area contributed by atoms with E-state index in [1.54, 1.807) is 7.11 Å². The molecule has 0 saturated heterocycles. The topological polar surface area (TPSA) is 57.0 Å². The highest BCUT2D eigenvalue weighted by Gasteiger charge is 2.16. The van der Waals surface area contributed by atoms with Crippen LogP contribution in [0, 0.1) is 0 Å². The zero-order valence-corrected chi connectivity index (χ0v) is 14.8. The van der Waals surface area contributed by atoms with Gasteiger partial charge in [-0.3, -0.25) is 9.36 Å². The minimum Gasteiger partial charge on any atom is -0.383 e. The highest BCUT2D eigenvalue weighted by Crippen LogP contribution is 2.24. The Balaban J connectivity index is 1.79. The molecule has 0 atom stereocenters. The summed E-state index contributed by atoms with van der Waals surface area (Å²) in [4.78, 5) is 12.3. The predicted molar refractivity (Wildman–Crippen MR) is 98.8 cm³/mol. The molecule has 2 aromatic carbocycles. The van der Waals surface area contributed by atoms with Crippen LogP contribution in [0.3, 0.4) is 0 Å². The quantitative estimate of drug-likeness (QED) is 0.458. The number of rotatable bonds is 8. The lowest BCUT2D eigenvalue weighted by atomic mass is 10.2. The molecule has 0 amide bonds. The molecular formula is C19H19N3O2S. The van der Waals surface area contributed by atoms with Gasteiger partial charge in [-0.2, -0.15) is 0 Å². The molecule has 0 spiro atoms. The number of carbonyl (C=O) groups excluding carboxylic acids is 1. The van der Waals surface area contributed by atoms with Crippen molar-refractivity contribution in [3.63, 3.8) is 0 Å². The van der Waals surface area contributed by atoms with Crippen LogP contribution in [0.5, 0.6) is 0 Å². The highest BCUT2D eigenvalue weighted by atomic mass is 32.2. The van der Waals surface area contributed by atoms with Crippen molar-refractivity contribution in [3.05, 3.63) is 66.2 Å². The van der Waals surface area contributed by atoms with Gasteiger partial charge in [-0.05, 0) is 0 Å². The van der Waals surface area contributed by atoms with Gasteiger partial charge in [0.25, 0.3) is 0 Å². The predicted octanol–water partition coefficient (Wildman–Crippen LogP) is 3.57. The SMILES string of the molecule is COCCn1c(SCC(=O)c2ccccc2)nnc1-c1ccccc1. The van der Waals surface area contributed by atoms with Gasteiger partial charge in [0.15, 0.2) is 16.8 Å². The van der Waals surface area contributed by atoms with E-state index in [0.717, 1.165) is 16.5 Å². The number of ketones is 1. The standard InChI is InChI=1S/C19H19N3O2S/c1-24-13-12-22-18(16-10-6-3-7-11-16)20-21-19(22)25-14-17(23)15-8-4-2-5-9-15/h2-11H,12-14H2,1H3. The first-order valence-electron chi connectivity index (χ1n) is 7.98. The Kier molecular flexibility index (Phi) is 5.98. The Morgan fingerprint density at radius 1 is 1.04 bits per heavy atom. The third-order valence-electron chi connectivity index (χ3n) is 3.70. The first kappa shape index (κ1) is 17.4. The van der Waals surface area contributed by atoms with Gasteiger partial charge in [0.2, 0.25) is 0 Å². The maximum atomic E-state index is 12.3. The summed E-state index contributed by atoms with van der Waals surface area (Å²) in [5, 5.41) is 9.32. The molecule has 128 valence electrons. The van der Waals surface area contributed by atoms with Crippen molar-refractivity contribution in [2.24, 2.45) is 0 Å². The maximum absolute atomic E-state index is 12.3. The fourth-order valence-electron chi connectivity index (χ4n) is 2.42. The van der Waals surface area contributed by atoms with E-state index >= 15 is 0 Å². The van der Waals surface area contributed by atoms with Crippen molar-refractivity contribution in [1.82, 2.24) is 14.8 Å². The average molecular weight is 353 g/mol. The van der Waals surface area contributed by atoms with Gasteiger partial charge in [0.1, 0.15) is 0 Å². The van der Waals surface area contributed by atoms with E-state index in [4.69, 9.17) is 4.74 Å². The van der Waals surface area contributed by atoms with Crippen molar-refractivity contribution >= 4 is 17.5 Å². The number of nitrogens with zero attached hydrogens (tertiary/aromatic N) is 3. The average Bonchev–Trinajstić information content (AvgIpc) is 3.08. The van der Waals surface area contributed by atoms with Crippen molar-refractivity contribution in [2.45, 2.75) is 11.7 Å². The van der Waals surface area contributed by atoms with Crippen LogP contribution in [0.1, 0.15) is 10.4 Å². The number of aromatic nitrogens is 3. The van der Waals surface area contributed by atoms with Crippen LogP contribution < -0.4 is 0 Å². The van der Waals surface area contributed by atoms with Gasteiger partial charge in [-0.25, -0.2) is 0 Å². The molecule has 25 heavy (non-hydrogen) atoms. The molecule has 0 saturated carbocycles. The van der Waals surface area contributed by atoms with Crippen molar-refractivity contribution in [3.8, 4) is 11.4 Å². The van der Waals surface area contributed by atoms with Gasteiger partial charge in [0.05, 0.1) is 18.9 Å². The monoisotopic (exact) mass is 353 g/mol. The minimum atomic E-state index is 0.0770. The molecule has 1 aromatic heterocycles. The summed E-state index contributed by atoms with van der Waals surface area (Å²) in [7, 11) is 1.66. The Labute approximate surface area is 151 Å². The molecule has 0 radical (unpaired) electrons. The fraction of sp³-hybridized carbons (Fsp3) is 0.211. The van der Waals surface area contributed by atoms with E-state index in [1.165, 1.54) is 11.8 Å². The molecular weight excluding hydrogens is 334 g/mol. The number of carbonyl (C=O) groups is 1. The lowest BCUT2D eigenvalue weighted by molar-refractivity contribution is 0.102. The third-order valence-corrected chi connectivity index (χ3v) is 4.66. The van der Waals surface area contributed by atoms with E-state index in [9.17, 15) is 4.79 Å². The molecule has 0 aliphatic rings. The number of hydrogen-bond donors (Lipinski definition) is 0. The molecule has 1 heterocycles. The van der Waals surface area contributed by atoms with Crippen LogP contribution in [0.4, 0.5) is 0 Å². The molecule has 0 N–H and O–H groups in total. The van der Waals surface area contributed by atoms with E-state index in [0.29, 0.717) is 24.5 Å². The number of thioether (sulfide) groups is 1. The van der Waals surface area contributed by atoms with E-state index in [-0.39, 0.29) is 5.78 Å². The molecule has 0 aliphatic carbocycles. The van der Waals surface area contributed by atoms with Crippen LogP contribution in [-0.4, -0.2) is 40.0 Å². The largest absolute Gasteiger partial charge is 0.383 e. The molecule has 0 unspecified atom stereocenters. The molecule has 0 aliphatic heterocycles. The summed E-state index contributed by atoms with van der Waals surface area (Å²) in [5.41, 5.74) is 1.70. The molecule has 3 aromatic rings. The third kappa shape index (κ3) is 4.35. The second-order valence-electron chi connectivity index (χ2n) is 5.39. The smallest absolute Gasteiger partial charge is 0.192 e. The zero-order chi connectivity index (χ0) is 17.5. The van der Waals surface area contributed by atoms with E-state index in [1.807, 2.05) is 65.2 Å². The van der Waals surface area contributed by atoms with Gasteiger partial charge in [-0.15, -0.1) is 10.2 Å². The minimum absolute atomic E-state index is 0.0770. The Morgan fingerprint density at radius 2 is 1.72 bits per heavy atom. The van der Waals surface area contributed by atoms with Crippen LogP contribution in [0.2, 0.25) is 0 Å². The first-order chi connectivity index (χ1) is 12.3. The van der Waals surface area contributed by atoms with Crippen LogP contribution in [-0.2, 0) is 11.3 Å². The zero-order valence-electron chi connectivity index (χ0n) is 14.0. The maximum Gasteiger partial charge on any atom is 0.192 e. The first-order valence-corrected chi connectivity index (χ1v) is 8.97. The highest BCUT2D eigenvalue weighted by molar-refractivity contribution is 7.99. The Morgan fingerprint density at radius 3 is 2.40 bits per heavy atom. The second-order valence-corrected chi connectivity index (χ2v) is 6.34. The van der Waals surface area contributed by atoms with E-state index < -0.39 is 0 Å². The molecule has 0 bridgehead atoms.